The minimum Gasteiger partial charge on any atom is -0.469 e. The van der Waals surface area contributed by atoms with Gasteiger partial charge in [0.1, 0.15) is 0 Å². The fourth-order valence-electron chi connectivity index (χ4n) is 3.93. The fraction of sp³-hybridized carbons (Fsp3) is 0.692. The molecule has 0 saturated heterocycles. The van der Waals surface area contributed by atoms with Crippen molar-refractivity contribution in [2.24, 2.45) is 0 Å². The fourth-order valence-corrected chi connectivity index (χ4v) is 6.45. The van der Waals surface area contributed by atoms with Crippen LogP contribution in [0, 0.1) is 0 Å². The molecule has 0 bridgehead atoms. The Kier molecular flexibility index (Phi) is 14.0. The number of nitrogens with zero attached hydrogens (tertiary/aromatic N) is 1. The summed E-state index contributed by atoms with van der Waals surface area (Å²) in [5.41, 5.74) is 1.06. The van der Waals surface area contributed by atoms with Crippen LogP contribution in [-0.2, 0) is 9.53 Å². The molecule has 0 spiro atoms. The first kappa shape index (κ1) is 27.1. The lowest BCUT2D eigenvalue weighted by Gasteiger charge is -2.21. The third kappa shape index (κ3) is 10.7. The van der Waals surface area contributed by atoms with E-state index >= 15 is 0 Å². The van der Waals surface area contributed by atoms with Crippen LogP contribution in [0.3, 0.4) is 0 Å². The van der Waals surface area contributed by atoms with Crippen LogP contribution in [0.2, 0.25) is 0 Å². The number of fused-ring (bicyclic) bond motifs is 1. The van der Waals surface area contributed by atoms with E-state index in [4.69, 9.17) is 4.98 Å². The van der Waals surface area contributed by atoms with Crippen molar-refractivity contribution in [1.29, 1.82) is 0 Å². The Morgan fingerprint density at radius 1 is 1.00 bits per heavy atom. The van der Waals surface area contributed by atoms with E-state index in [9.17, 15) is 9.90 Å². The molecular weight excluding hydrogens is 438 g/mol. The number of para-hydroxylation sites is 1. The number of aromatic nitrogens is 1. The smallest absolute Gasteiger partial charge is 0.305 e. The molecule has 2 rings (SSSR count). The maximum absolute atomic E-state index is 11.2. The number of thioether (sulfide) groups is 1. The van der Waals surface area contributed by atoms with Crippen molar-refractivity contribution in [2.75, 3.05) is 7.11 Å². The summed E-state index contributed by atoms with van der Waals surface area (Å²) in [6.07, 6.45) is 15.0. The number of benzene rings is 1. The predicted octanol–water partition coefficient (Wildman–Crippen LogP) is 7.77. The van der Waals surface area contributed by atoms with E-state index in [1.165, 1.54) is 50.3 Å². The van der Waals surface area contributed by atoms with Crippen molar-refractivity contribution in [2.45, 2.75) is 113 Å². The summed E-state index contributed by atoms with van der Waals surface area (Å²) in [4.78, 5) is 16.0. The Labute approximate surface area is 202 Å². The van der Waals surface area contributed by atoms with Crippen LogP contribution in [0.1, 0.15) is 96.8 Å². The van der Waals surface area contributed by atoms with Crippen LogP contribution in [0.15, 0.2) is 28.6 Å². The highest BCUT2D eigenvalue weighted by Gasteiger charge is 2.21. The van der Waals surface area contributed by atoms with Crippen molar-refractivity contribution in [3.05, 3.63) is 24.3 Å². The van der Waals surface area contributed by atoms with Crippen molar-refractivity contribution < 1.29 is 14.6 Å². The zero-order chi connectivity index (χ0) is 23.0. The Morgan fingerprint density at radius 3 is 2.38 bits per heavy atom. The van der Waals surface area contributed by atoms with Crippen LogP contribution in [0.5, 0.6) is 0 Å². The lowest BCUT2D eigenvalue weighted by molar-refractivity contribution is -0.140. The average molecular weight is 480 g/mol. The zero-order valence-corrected chi connectivity index (χ0v) is 21.5. The number of carbonyl (C=O) groups excluding carboxylic acids is 1. The number of carbonyl (C=O) groups is 1. The molecular formula is C26H41NO3S2. The molecule has 2 atom stereocenters. The second kappa shape index (κ2) is 16.5. The second-order valence-corrected chi connectivity index (χ2v) is 11.1. The number of aliphatic hydroxyl groups is 1. The van der Waals surface area contributed by atoms with Gasteiger partial charge in [0.2, 0.25) is 0 Å². The SMILES string of the molecule is CCCCCCCCC(Sc1nc2ccccc2s1)C(O)CCCCCCCC(=O)OC. The Bertz CT molecular complexity index is 731. The van der Waals surface area contributed by atoms with Crippen LogP contribution < -0.4 is 0 Å². The minimum absolute atomic E-state index is 0.121. The maximum Gasteiger partial charge on any atom is 0.305 e. The predicted molar refractivity (Wildman–Crippen MR) is 138 cm³/mol. The Hall–Kier alpha value is -1.11. The molecule has 2 unspecified atom stereocenters. The van der Waals surface area contributed by atoms with Crippen molar-refractivity contribution in [3.8, 4) is 0 Å². The number of ether oxygens (including phenoxy) is 1. The van der Waals surface area contributed by atoms with E-state index < -0.39 is 0 Å². The van der Waals surface area contributed by atoms with Crippen LogP contribution in [0.4, 0.5) is 0 Å². The minimum atomic E-state index is -0.294. The molecule has 1 N–H and O–H groups in total. The quantitative estimate of drug-likeness (QED) is 0.134. The van der Waals surface area contributed by atoms with Crippen LogP contribution in [0.25, 0.3) is 10.2 Å². The Morgan fingerprint density at radius 2 is 1.66 bits per heavy atom. The van der Waals surface area contributed by atoms with Gasteiger partial charge in [-0.2, -0.15) is 0 Å². The van der Waals surface area contributed by atoms with E-state index in [1.54, 1.807) is 23.1 Å². The van der Waals surface area contributed by atoms with E-state index in [2.05, 4.69) is 29.9 Å². The highest BCUT2D eigenvalue weighted by molar-refractivity contribution is 8.01. The van der Waals surface area contributed by atoms with Gasteiger partial charge in [0.25, 0.3) is 0 Å². The second-order valence-electron chi connectivity index (χ2n) is 8.61. The van der Waals surface area contributed by atoms with Gasteiger partial charge in [0.05, 0.1) is 23.4 Å². The molecule has 4 nitrogen and oxygen atoms in total. The lowest BCUT2D eigenvalue weighted by atomic mass is 10.0. The molecule has 0 aliphatic carbocycles. The number of aliphatic hydroxyl groups excluding tert-OH is 1. The van der Waals surface area contributed by atoms with Gasteiger partial charge in [0, 0.05) is 11.7 Å². The number of methoxy groups -OCH3 is 1. The molecule has 180 valence electrons. The Balaban J connectivity index is 1.78. The van der Waals surface area contributed by atoms with Gasteiger partial charge in [-0.1, -0.05) is 95.0 Å². The topological polar surface area (TPSA) is 59.4 Å². The number of hydrogen-bond donors (Lipinski definition) is 1. The van der Waals surface area contributed by atoms with E-state index in [1.807, 2.05) is 6.07 Å². The third-order valence-corrected chi connectivity index (χ3v) is 8.42. The van der Waals surface area contributed by atoms with Crippen LogP contribution >= 0.6 is 23.1 Å². The first-order valence-electron chi connectivity index (χ1n) is 12.4. The van der Waals surface area contributed by atoms with Gasteiger partial charge in [-0.3, -0.25) is 4.79 Å². The summed E-state index contributed by atoms with van der Waals surface area (Å²) < 4.78 is 6.98. The van der Waals surface area contributed by atoms with Gasteiger partial charge >= 0.3 is 5.97 Å². The normalized spacial score (nSPS) is 13.3. The van der Waals surface area contributed by atoms with Gasteiger partial charge < -0.3 is 9.84 Å². The largest absolute Gasteiger partial charge is 0.469 e. The highest BCUT2D eigenvalue weighted by atomic mass is 32.2. The third-order valence-electron chi connectivity index (χ3n) is 5.91. The summed E-state index contributed by atoms with van der Waals surface area (Å²) >= 11 is 3.51. The lowest BCUT2D eigenvalue weighted by Crippen LogP contribution is -2.23. The van der Waals surface area contributed by atoms with Crippen molar-refractivity contribution >= 4 is 39.3 Å². The summed E-state index contributed by atoms with van der Waals surface area (Å²) in [5, 5.41) is 11.2. The molecule has 1 heterocycles. The summed E-state index contributed by atoms with van der Waals surface area (Å²) in [5.74, 6) is -0.121. The van der Waals surface area contributed by atoms with Crippen molar-refractivity contribution in [3.63, 3.8) is 0 Å². The van der Waals surface area contributed by atoms with E-state index in [0.717, 1.165) is 54.8 Å². The number of esters is 1. The number of unbranched alkanes of at least 4 members (excludes halogenated alkanes) is 9. The monoisotopic (exact) mass is 479 g/mol. The van der Waals surface area contributed by atoms with Crippen molar-refractivity contribution in [1.82, 2.24) is 4.98 Å². The number of thiazole rings is 1. The van der Waals surface area contributed by atoms with Crippen LogP contribution in [-0.4, -0.2) is 34.5 Å². The van der Waals surface area contributed by atoms with E-state index in [0.29, 0.717) is 6.42 Å². The highest BCUT2D eigenvalue weighted by Crippen LogP contribution is 2.36. The summed E-state index contributed by atoms with van der Waals surface area (Å²) in [7, 11) is 1.44. The molecule has 6 heteroatoms. The molecule has 1 aromatic carbocycles. The van der Waals surface area contributed by atoms with Gasteiger partial charge in [-0.05, 0) is 31.4 Å². The molecule has 0 saturated carbocycles. The first-order chi connectivity index (χ1) is 15.6. The average Bonchev–Trinajstić information content (AvgIpc) is 3.22. The molecule has 32 heavy (non-hydrogen) atoms. The maximum atomic E-state index is 11.2. The molecule has 0 aliphatic rings. The number of rotatable bonds is 18. The standard InChI is InChI=1S/C26H41NO3S2/c1-3-4-5-6-9-12-19-24(32-26-27-21-16-14-15-18-23(21)31-26)22(28)17-11-8-7-10-13-20-25(29)30-2/h14-16,18,22,24,28H,3-13,17,19-20H2,1-2H3. The van der Waals surface area contributed by atoms with Gasteiger partial charge in [0.15, 0.2) is 4.34 Å². The summed E-state index contributed by atoms with van der Waals surface area (Å²) in [6.45, 7) is 2.25. The van der Waals surface area contributed by atoms with Gasteiger partial charge in [-0.15, -0.1) is 11.3 Å². The van der Waals surface area contributed by atoms with E-state index in [-0.39, 0.29) is 17.3 Å². The molecule has 0 aliphatic heterocycles. The summed E-state index contributed by atoms with van der Waals surface area (Å²) in [6, 6.07) is 8.28. The molecule has 0 radical (unpaired) electrons. The van der Waals surface area contributed by atoms with Gasteiger partial charge in [-0.25, -0.2) is 4.98 Å². The first-order valence-corrected chi connectivity index (χ1v) is 14.1. The zero-order valence-electron chi connectivity index (χ0n) is 19.9. The number of hydrogen-bond acceptors (Lipinski definition) is 6. The molecule has 0 fully saturated rings. The molecule has 1 aromatic heterocycles. The molecule has 2 aromatic rings. The molecule has 0 amide bonds.